The number of carboxylic acid groups (broad SMARTS) is 1. The van der Waals surface area contributed by atoms with Crippen molar-refractivity contribution in [2.75, 3.05) is 12.0 Å². The Morgan fingerprint density at radius 1 is 1.60 bits per heavy atom. The van der Waals surface area contributed by atoms with Gasteiger partial charge in [-0.15, -0.1) is 0 Å². The molecule has 1 fully saturated rings. The van der Waals surface area contributed by atoms with E-state index in [1.54, 1.807) is 17.8 Å². The Kier molecular flexibility index (Phi) is 5.15. The number of rotatable bonds is 7. The van der Waals surface area contributed by atoms with Gasteiger partial charge in [0, 0.05) is 16.7 Å². The highest BCUT2D eigenvalue weighted by molar-refractivity contribution is 9.10. The van der Waals surface area contributed by atoms with Crippen LogP contribution in [0, 0.1) is 0 Å². The van der Waals surface area contributed by atoms with E-state index in [2.05, 4.69) is 21.2 Å². The molecule has 0 aromatic carbocycles. The van der Waals surface area contributed by atoms with Gasteiger partial charge in [0.1, 0.15) is 11.7 Å². The molecule has 5 nitrogen and oxygen atoms in total. The molecule has 1 atom stereocenters. The van der Waals surface area contributed by atoms with Crippen molar-refractivity contribution < 1.29 is 14.7 Å². The Labute approximate surface area is 130 Å². The molecule has 1 aliphatic rings. The van der Waals surface area contributed by atoms with Crippen LogP contribution in [0.2, 0.25) is 0 Å². The van der Waals surface area contributed by atoms with Crippen molar-refractivity contribution in [1.29, 1.82) is 0 Å². The summed E-state index contributed by atoms with van der Waals surface area (Å²) in [6.07, 6.45) is 6.35. The van der Waals surface area contributed by atoms with Crippen molar-refractivity contribution in [2.24, 2.45) is 0 Å². The first-order valence-corrected chi connectivity index (χ1v) is 8.61. The summed E-state index contributed by atoms with van der Waals surface area (Å²) in [4.78, 5) is 23.4. The number of aromatic nitrogens is 1. The van der Waals surface area contributed by atoms with Crippen molar-refractivity contribution in [2.45, 2.75) is 31.3 Å². The molecule has 0 aliphatic heterocycles. The number of nitrogens with zero attached hydrogens (tertiary/aromatic N) is 1. The van der Waals surface area contributed by atoms with Crippen LogP contribution in [0.15, 0.2) is 16.7 Å². The fraction of sp³-hybridized carbons (Fsp3) is 0.538. The topological polar surface area (TPSA) is 71.3 Å². The van der Waals surface area contributed by atoms with E-state index < -0.39 is 12.0 Å². The summed E-state index contributed by atoms with van der Waals surface area (Å²) < 4.78 is 2.76. The molecule has 1 aliphatic carbocycles. The molecule has 2 N–H and O–H groups in total. The minimum Gasteiger partial charge on any atom is -0.480 e. The van der Waals surface area contributed by atoms with Crippen LogP contribution >= 0.6 is 27.7 Å². The number of carbonyl (C=O) groups excluding carboxylic acids is 1. The Balaban J connectivity index is 2.08. The zero-order valence-electron chi connectivity index (χ0n) is 11.1. The second-order valence-electron chi connectivity index (χ2n) is 4.83. The fourth-order valence-electron chi connectivity index (χ4n) is 2.01. The molecule has 2 rings (SSSR count). The van der Waals surface area contributed by atoms with E-state index >= 15 is 0 Å². The smallest absolute Gasteiger partial charge is 0.326 e. The third-order valence-corrected chi connectivity index (χ3v) is 4.28. The Morgan fingerprint density at radius 2 is 2.30 bits per heavy atom. The van der Waals surface area contributed by atoms with Gasteiger partial charge in [-0.2, -0.15) is 11.8 Å². The molecule has 1 aromatic rings. The third kappa shape index (κ3) is 3.79. The maximum absolute atomic E-state index is 12.3. The van der Waals surface area contributed by atoms with Crippen molar-refractivity contribution >= 4 is 39.6 Å². The fourth-order valence-corrected chi connectivity index (χ4v) is 2.92. The molecular formula is C13H17BrN2O3S. The first-order chi connectivity index (χ1) is 9.52. The lowest BCUT2D eigenvalue weighted by Gasteiger charge is -2.15. The molecule has 1 unspecified atom stereocenters. The average Bonchev–Trinajstić information content (AvgIpc) is 3.16. The van der Waals surface area contributed by atoms with Gasteiger partial charge in [0.15, 0.2) is 0 Å². The molecule has 20 heavy (non-hydrogen) atoms. The zero-order valence-corrected chi connectivity index (χ0v) is 13.5. The second-order valence-corrected chi connectivity index (χ2v) is 6.73. The minimum absolute atomic E-state index is 0.323. The van der Waals surface area contributed by atoms with E-state index in [0.29, 0.717) is 23.9 Å². The monoisotopic (exact) mass is 360 g/mol. The Bertz CT molecular complexity index is 514. The van der Waals surface area contributed by atoms with E-state index in [1.165, 1.54) is 0 Å². The number of hydrogen-bond acceptors (Lipinski definition) is 3. The average molecular weight is 361 g/mol. The lowest BCUT2D eigenvalue weighted by Crippen LogP contribution is -2.41. The number of carbonyl (C=O) groups is 2. The molecule has 110 valence electrons. The number of aliphatic carboxylic acids is 1. The number of halogens is 1. The molecule has 1 aromatic heterocycles. The molecule has 7 heteroatoms. The molecule has 1 saturated carbocycles. The van der Waals surface area contributed by atoms with Gasteiger partial charge in [0.2, 0.25) is 0 Å². The van der Waals surface area contributed by atoms with Crippen LogP contribution in [0.3, 0.4) is 0 Å². The standard InChI is InChI=1S/C13H17BrN2O3S/c1-20-5-4-10(13(18)19)15-12(17)11-6-8(14)7-16(11)9-2-3-9/h6-7,9-10H,2-5H2,1H3,(H,15,17)(H,18,19). The van der Waals surface area contributed by atoms with E-state index in [0.717, 1.165) is 17.3 Å². The van der Waals surface area contributed by atoms with Crippen molar-refractivity contribution in [3.8, 4) is 0 Å². The maximum atomic E-state index is 12.3. The summed E-state index contributed by atoms with van der Waals surface area (Å²) in [6, 6.07) is 1.27. The van der Waals surface area contributed by atoms with Crippen molar-refractivity contribution in [1.82, 2.24) is 9.88 Å². The van der Waals surface area contributed by atoms with Crippen LogP contribution in [-0.2, 0) is 4.79 Å². The third-order valence-electron chi connectivity index (χ3n) is 3.20. The van der Waals surface area contributed by atoms with E-state index in [9.17, 15) is 9.59 Å². The predicted molar refractivity (Wildman–Crippen MR) is 82.3 cm³/mol. The van der Waals surface area contributed by atoms with Gasteiger partial charge in [-0.25, -0.2) is 4.79 Å². The molecule has 0 radical (unpaired) electrons. The normalized spacial score (nSPS) is 15.9. The van der Waals surface area contributed by atoms with Crippen LogP contribution < -0.4 is 5.32 Å². The predicted octanol–water partition coefficient (Wildman–Crippen LogP) is 2.52. The van der Waals surface area contributed by atoms with E-state index in [4.69, 9.17) is 5.11 Å². The van der Waals surface area contributed by atoms with Crippen LogP contribution in [0.1, 0.15) is 35.8 Å². The summed E-state index contributed by atoms with van der Waals surface area (Å²) in [5, 5.41) is 11.8. The number of hydrogen-bond donors (Lipinski definition) is 2. The zero-order chi connectivity index (χ0) is 14.7. The van der Waals surface area contributed by atoms with Gasteiger partial charge >= 0.3 is 5.97 Å². The van der Waals surface area contributed by atoms with Gasteiger partial charge in [0.05, 0.1) is 0 Å². The van der Waals surface area contributed by atoms with Gasteiger partial charge in [0.25, 0.3) is 5.91 Å². The summed E-state index contributed by atoms with van der Waals surface area (Å²) in [5.41, 5.74) is 0.523. The second kappa shape index (κ2) is 6.67. The highest BCUT2D eigenvalue weighted by atomic mass is 79.9. The Hall–Kier alpha value is -0.950. The summed E-state index contributed by atoms with van der Waals surface area (Å²) in [7, 11) is 0. The number of amides is 1. The molecule has 1 heterocycles. The van der Waals surface area contributed by atoms with Gasteiger partial charge in [-0.05, 0) is 53.3 Å². The SMILES string of the molecule is CSCCC(NC(=O)c1cc(Br)cn1C1CC1)C(=O)O. The molecule has 0 bridgehead atoms. The quantitative estimate of drug-likeness (QED) is 0.783. The number of nitrogens with one attached hydrogen (secondary N) is 1. The number of thioether (sulfide) groups is 1. The van der Waals surface area contributed by atoms with Crippen LogP contribution in [0.25, 0.3) is 0 Å². The highest BCUT2D eigenvalue weighted by Gasteiger charge is 2.29. The summed E-state index contributed by atoms with van der Waals surface area (Å²) in [6.45, 7) is 0. The largest absolute Gasteiger partial charge is 0.480 e. The van der Waals surface area contributed by atoms with Crippen LogP contribution in [-0.4, -0.2) is 39.6 Å². The lowest BCUT2D eigenvalue weighted by atomic mass is 10.2. The molecule has 1 amide bonds. The maximum Gasteiger partial charge on any atom is 0.326 e. The van der Waals surface area contributed by atoms with Crippen molar-refractivity contribution in [3.05, 3.63) is 22.4 Å². The molecular weight excluding hydrogens is 344 g/mol. The molecule has 0 spiro atoms. The highest BCUT2D eigenvalue weighted by Crippen LogP contribution is 2.37. The Morgan fingerprint density at radius 3 is 2.85 bits per heavy atom. The van der Waals surface area contributed by atoms with Crippen LogP contribution in [0.4, 0.5) is 0 Å². The van der Waals surface area contributed by atoms with E-state index in [-0.39, 0.29) is 5.91 Å². The lowest BCUT2D eigenvalue weighted by molar-refractivity contribution is -0.139. The van der Waals surface area contributed by atoms with Crippen LogP contribution in [0.5, 0.6) is 0 Å². The van der Waals surface area contributed by atoms with Gasteiger partial charge in [-0.3, -0.25) is 4.79 Å². The number of carboxylic acids is 1. The van der Waals surface area contributed by atoms with Gasteiger partial charge < -0.3 is 15.0 Å². The first kappa shape index (κ1) is 15.4. The molecule has 0 saturated heterocycles. The summed E-state index contributed by atoms with van der Waals surface area (Å²) in [5.74, 6) is -0.614. The minimum atomic E-state index is -0.990. The van der Waals surface area contributed by atoms with Crippen molar-refractivity contribution in [3.63, 3.8) is 0 Å². The van der Waals surface area contributed by atoms with E-state index in [1.807, 2.05) is 17.0 Å². The first-order valence-electron chi connectivity index (χ1n) is 6.43. The van der Waals surface area contributed by atoms with Gasteiger partial charge in [-0.1, -0.05) is 0 Å². The summed E-state index contributed by atoms with van der Waals surface area (Å²) >= 11 is 4.93.